The van der Waals surface area contributed by atoms with Gasteiger partial charge in [-0.2, -0.15) is 9.97 Å². The van der Waals surface area contributed by atoms with Gasteiger partial charge in [0, 0.05) is 16.6 Å². The summed E-state index contributed by atoms with van der Waals surface area (Å²) in [7, 11) is 0. The van der Waals surface area contributed by atoms with Crippen molar-refractivity contribution in [3.8, 4) is 16.3 Å². The highest BCUT2D eigenvalue weighted by molar-refractivity contribution is 7.13. The first kappa shape index (κ1) is 12.8. The zero-order valence-electron chi connectivity index (χ0n) is 11.2. The Hall–Kier alpha value is -2.21. The molecule has 3 aromatic rings. The lowest BCUT2D eigenvalue weighted by atomic mass is 10.2. The standard InChI is InChI=1S/C14H14N4OS/c1-8(2)19-13-10-6-9(11-4-3-5-20-11)7-16-12(10)17-14(15)18-13/h3-8H,1-2H3,(H2,15,16,17,18). The van der Waals surface area contributed by atoms with E-state index in [0.29, 0.717) is 11.5 Å². The molecule has 0 unspecified atom stereocenters. The molecular formula is C14H14N4OS. The van der Waals surface area contributed by atoms with Crippen LogP contribution in [-0.2, 0) is 0 Å². The molecule has 102 valence electrons. The Bertz CT molecular complexity index is 740. The quantitative estimate of drug-likeness (QED) is 0.800. The number of pyridine rings is 1. The predicted octanol–water partition coefficient (Wildman–Crippen LogP) is 3.12. The van der Waals surface area contributed by atoms with Gasteiger partial charge in [0.1, 0.15) is 0 Å². The molecule has 0 aliphatic heterocycles. The van der Waals surface area contributed by atoms with Gasteiger partial charge >= 0.3 is 0 Å². The molecule has 0 atom stereocenters. The lowest BCUT2D eigenvalue weighted by Crippen LogP contribution is -2.09. The van der Waals surface area contributed by atoms with Gasteiger partial charge in [-0.25, -0.2) is 4.98 Å². The van der Waals surface area contributed by atoms with Gasteiger partial charge in [0.15, 0.2) is 5.65 Å². The number of fused-ring (bicyclic) bond motifs is 1. The summed E-state index contributed by atoms with van der Waals surface area (Å²) in [5, 5.41) is 2.81. The van der Waals surface area contributed by atoms with Crippen molar-refractivity contribution in [1.29, 1.82) is 0 Å². The van der Waals surface area contributed by atoms with E-state index in [1.54, 1.807) is 17.5 Å². The van der Waals surface area contributed by atoms with Crippen LogP contribution in [0.2, 0.25) is 0 Å². The van der Waals surface area contributed by atoms with Gasteiger partial charge in [0.05, 0.1) is 11.5 Å². The first-order chi connectivity index (χ1) is 9.63. The molecule has 0 spiro atoms. The van der Waals surface area contributed by atoms with Gasteiger partial charge in [0.25, 0.3) is 0 Å². The van der Waals surface area contributed by atoms with Crippen LogP contribution in [0, 0.1) is 0 Å². The third-order valence-electron chi connectivity index (χ3n) is 2.69. The van der Waals surface area contributed by atoms with Gasteiger partial charge < -0.3 is 10.5 Å². The summed E-state index contributed by atoms with van der Waals surface area (Å²) in [6.07, 6.45) is 1.80. The molecule has 0 aromatic carbocycles. The number of ether oxygens (including phenoxy) is 1. The van der Waals surface area contributed by atoms with Crippen LogP contribution in [-0.4, -0.2) is 21.1 Å². The number of rotatable bonds is 3. The molecule has 5 nitrogen and oxygen atoms in total. The maximum Gasteiger partial charge on any atom is 0.228 e. The van der Waals surface area contributed by atoms with E-state index in [4.69, 9.17) is 10.5 Å². The number of hydrogen-bond acceptors (Lipinski definition) is 6. The minimum Gasteiger partial charge on any atom is -0.474 e. The van der Waals surface area contributed by atoms with Gasteiger partial charge in [-0.05, 0) is 31.4 Å². The molecule has 0 fully saturated rings. The highest BCUT2D eigenvalue weighted by atomic mass is 32.1. The molecule has 0 aliphatic carbocycles. The Morgan fingerprint density at radius 3 is 2.85 bits per heavy atom. The molecule has 20 heavy (non-hydrogen) atoms. The minimum absolute atomic E-state index is 0.0119. The fourth-order valence-electron chi connectivity index (χ4n) is 1.89. The lowest BCUT2D eigenvalue weighted by molar-refractivity contribution is 0.236. The Morgan fingerprint density at radius 1 is 1.30 bits per heavy atom. The summed E-state index contributed by atoms with van der Waals surface area (Å²) in [6.45, 7) is 3.89. The molecule has 3 rings (SSSR count). The van der Waals surface area contributed by atoms with E-state index in [2.05, 4.69) is 21.0 Å². The number of aromatic nitrogens is 3. The van der Waals surface area contributed by atoms with Crippen LogP contribution in [0.3, 0.4) is 0 Å². The molecular weight excluding hydrogens is 272 g/mol. The Balaban J connectivity index is 2.18. The average Bonchev–Trinajstić information content (AvgIpc) is 2.91. The van der Waals surface area contributed by atoms with Crippen molar-refractivity contribution in [3.05, 3.63) is 29.8 Å². The van der Waals surface area contributed by atoms with Crippen molar-refractivity contribution < 1.29 is 4.74 Å². The SMILES string of the molecule is CC(C)Oc1nc(N)nc2ncc(-c3cccs3)cc12. The summed E-state index contributed by atoms with van der Waals surface area (Å²) >= 11 is 1.66. The second-order valence-corrected chi connectivity index (χ2v) is 5.57. The molecule has 0 aliphatic rings. The maximum absolute atomic E-state index is 5.71. The van der Waals surface area contributed by atoms with Gasteiger partial charge in [-0.1, -0.05) is 6.07 Å². The monoisotopic (exact) mass is 286 g/mol. The molecule has 0 radical (unpaired) electrons. The minimum atomic E-state index is 0.0119. The fraction of sp³-hybridized carbons (Fsp3) is 0.214. The fourth-order valence-corrected chi connectivity index (χ4v) is 2.60. The van der Waals surface area contributed by atoms with E-state index in [1.165, 1.54) is 0 Å². The van der Waals surface area contributed by atoms with E-state index in [9.17, 15) is 0 Å². The Morgan fingerprint density at radius 2 is 2.15 bits per heavy atom. The van der Waals surface area contributed by atoms with E-state index < -0.39 is 0 Å². The smallest absolute Gasteiger partial charge is 0.228 e. The van der Waals surface area contributed by atoms with E-state index >= 15 is 0 Å². The lowest BCUT2D eigenvalue weighted by Gasteiger charge is -2.11. The summed E-state index contributed by atoms with van der Waals surface area (Å²) in [5.41, 5.74) is 7.27. The van der Waals surface area contributed by atoms with Crippen LogP contribution in [0.25, 0.3) is 21.5 Å². The van der Waals surface area contributed by atoms with Crippen molar-refractivity contribution in [2.45, 2.75) is 20.0 Å². The normalized spacial score (nSPS) is 11.2. The highest BCUT2D eigenvalue weighted by Gasteiger charge is 2.12. The van der Waals surface area contributed by atoms with Crippen LogP contribution in [0.4, 0.5) is 5.95 Å². The van der Waals surface area contributed by atoms with Crippen molar-refractivity contribution >= 4 is 28.3 Å². The molecule has 2 N–H and O–H groups in total. The van der Waals surface area contributed by atoms with Crippen molar-refractivity contribution in [2.75, 3.05) is 5.73 Å². The summed E-state index contributed by atoms with van der Waals surface area (Å²) in [6, 6.07) is 6.05. The summed E-state index contributed by atoms with van der Waals surface area (Å²) < 4.78 is 5.71. The average molecular weight is 286 g/mol. The number of nitrogen functional groups attached to an aromatic ring is 1. The number of thiophene rings is 1. The van der Waals surface area contributed by atoms with E-state index in [0.717, 1.165) is 15.8 Å². The van der Waals surface area contributed by atoms with Crippen LogP contribution >= 0.6 is 11.3 Å². The van der Waals surface area contributed by atoms with Gasteiger partial charge in [-0.3, -0.25) is 0 Å². The van der Waals surface area contributed by atoms with Crippen LogP contribution < -0.4 is 10.5 Å². The van der Waals surface area contributed by atoms with Gasteiger partial charge in [-0.15, -0.1) is 11.3 Å². The third-order valence-corrected chi connectivity index (χ3v) is 3.61. The van der Waals surface area contributed by atoms with Crippen LogP contribution in [0.15, 0.2) is 29.8 Å². The largest absolute Gasteiger partial charge is 0.474 e. The molecule has 0 bridgehead atoms. The molecule has 0 amide bonds. The zero-order chi connectivity index (χ0) is 14.1. The molecule has 6 heteroatoms. The predicted molar refractivity (Wildman–Crippen MR) is 80.8 cm³/mol. The molecule has 3 aromatic heterocycles. The van der Waals surface area contributed by atoms with Crippen LogP contribution in [0.1, 0.15) is 13.8 Å². The second-order valence-electron chi connectivity index (χ2n) is 4.63. The topological polar surface area (TPSA) is 73.9 Å². The summed E-state index contributed by atoms with van der Waals surface area (Å²) in [4.78, 5) is 13.8. The summed E-state index contributed by atoms with van der Waals surface area (Å²) in [5.74, 6) is 0.651. The molecule has 0 saturated heterocycles. The van der Waals surface area contributed by atoms with Crippen molar-refractivity contribution in [3.63, 3.8) is 0 Å². The number of anilines is 1. The maximum atomic E-state index is 5.71. The van der Waals surface area contributed by atoms with Gasteiger partial charge in [0.2, 0.25) is 11.8 Å². The Labute approximate surface area is 120 Å². The third kappa shape index (κ3) is 2.42. The molecule has 3 heterocycles. The molecule has 0 saturated carbocycles. The van der Waals surface area contributed by atoms with Crippen LogP contribution in [0.5, 0.6) is 5.88 Å². The van der Waals surface area contributed by atoms with E-state index in [-0.39, 0.29) is 12.1 Å². The highest BCUT2D eigenvalue weighted by Crippen LogP contribution is 2.30. The number of nitrogens with two attached hydrogens (primary N) is 1. The Kier molecular flexibility index (Phi) is 3.23. The van der Waals surface area contributed by atoms with Crippen molar-refractivity contribution in [1.82, 2.24) is 15.0 Å². The number of hydrogen-bond donors (Lipinski definition) is 1. The first-order valence-corrected chi connectivity index (χ1v) is 7.15. The zero-order valence-corrected chi connectivity index (χ0v) is 12.0. The van der Waals surface area contributed by atoms with Crippen molar-refractivity contribution in [2.24, 2.45) is 0 Å². The first-order valence-electron chi connectivity index (χ1n) is 6.27. The second kappa shape index (κ2) is 5.05. The number of nitrogens with zero attached hydrogens (tertiary/aromatic N) is 3. The van der Waals surface area contributed by atoms with E-state index in [1.807, 2.05) is 31.4 Å².